The molecule has 3 N–H and O–H groups in total. The molecule has 5 rings (SSSR count). The van der Waals surface area contributed by atoms with Gasteiger partial charge in [0.2, 0.25) is 0 Å². The average Bonchev–Trinajstić information content (AvgIpc) is 3.49. The zero-order valence-corrected chi connectivity index (χ0v) is 19.8. The van der Waals surface area contributed by atoms with E-state index in [9.17, 15) is 18.6 Å². The summed E-state index contributed by atoms with van der Waals surface area (Å²) in [5, 5.41) is 28.6. The van der Waals surface area contributed by atoms with Crippen molar-refractivity contribution in [1.29, 1.82) is 0 Å². The third kappa shape index (κ3) is 4.15. The number of ether oxygens (including phenoxy) is 1. The highest BCUT2D eigenvalue weighted by Crippen LogP contribution is 2.40. The highest BCUT2D eigenvalue weighted by atomic mass is 32.2. The van der Waals surface area contributed by atoms with Gasteiger partial charge in [-0.15, -0.1) is 0 Å². The van der Waals surface area contributed by atoms with Crippen molar-refractivity contribution in [3.05, 3.63) is 24.4 Å². The quantitative estimate of drug-likeness (QED) is 0.458. The largest absolute Gasteiger partial charge is 0.387 e. The second kappa shape index (κ2) is 8.22. The van der Waals surface area contributed by atoms with Crippen LogP contribution >= 0.6 is 0 Å². The number of fused-ring (bicyclic) bond motifs is 1. The topological polar surface area (TPSA) is 178 Å². The molecule has 0 bridgehead atoms. The zero-order valence-electron chi connectivity index (χ0n) is 19.0. The SMILES string of the molecule is CC(C)(C)c1noc([C@H]2O[C@@H](n3cnc4c(NC5CCS(=O)(=O)CC5)ncnc43)[C@H](O)[C@@H]2O)n1. The Balaban J connectivity index is 1.39. The summed E-state index contributed by atoms with van der Waals surface area (Å²) < 4.78 is 36.2. The Bertz CT molecular complexity index is 1290. The van der Waals surface area contributed by atoms with E-state index in [0.29, 0.717) is 35.6 Å². The minimum atomic E-state index is -2.98. The van der Waals surface area contributed by atoms with Crippen molar-refractivity contribution in [3.8, 4) is 0 Å². The molecular weight excluding hydrogens is 466 g/mol. The second-order valence-corrected chi connectivity index (χ2v) is 12.1. The molecule has 0 aromatic carbocycles. The number of hydrogen-bond acceptors (Lipinski definition) is 12. The zero-order chi connectivity index (χ0) is 24.3. The first-order valence-corrected chi connectivity index (χ1v) is 12.9. The summed E-state index contributed by atoms with van der Waals surface area (Å²) in [7, 11) is -2.98. The Morgan fingerprint density at radius 1 is 1.12 bits per heavy atom. The summed E-state index contributed by atoms with van der Waals surface area (Å²) in [5.41, 5.74) is 0.475. The summed E-state index contributed by atoms with van der Waals surface area (Å²) in [6.07, 6.45) is -0.872. The van der Waals surface area contributed by atoms with Crippen LogP contribution in [0, 0.1) is 0 Å². The summed E-state index contributed by atoms with van der Waals surface area (Å²) in [6, 6.07) is -0.0548. The van der Waals surface area contributed by atoms with Crippen molar-refractivity contribution in [2.24, 2.45) is 0 Å². The Kier molecular flexibility index (Phi) is 5.58. The van der Waals surface area contributed by atoms with Gasteiger partial charge in [-0.2, -0.15) is 4.98 Å². The molecule has 2 aliphatic heterocycles. The molecule has 2 saturated heterocycles. The number of aromatic nitrogens is 6. The van der Waals surface area contributed by atoms with Gasteiger partial charge in [0.15, 0.2) is 35.1 Å². The first-order chi connectivity index (χ1) is 16.0. The molecule has 3 aromatic heterocycles. The van der Waals surface area contributed by atoms with Crippen molar-refractivity contribution in [3.63, 3.8) is 0 Å². The van der Waals surface area contributed by atoms with Gasteiger partial charge in [-0.05, 0) is 12.8 Å². The summed E-state index contributed by atoms with van der Waals surface area (Å²) in [5.74, 6) is 1.25. The lowest BCUT2D eigenvalue weighted by atomic mass is 9.96. The van der Waals surface area contributed by atoms with Crippen molar-refractivity contribution in [2.75, 3.05) is 16.8 Å². The maximum atomic E-state index is 11.7. The van der Waals surface area contributed by atoms with Gasteiger partial charge in [0.05, 0.1) is 17.8 Å². The van der Waals surface area contributed by atoms with Gasteiger partial charge in [-0.3, -0.25) is 4.57 Å². The van der Waals surface area contributed by atoms with E-state index in [2.05, 4.69) is 30.4 Å². The van der Waals surface area contributed by atoms with Crippen LogP contribution in [0.25, 0.3) is 11.2 Å². The second-order valence-electron chi connectivity index (χ2n) is 9.75. The van der Waals surface area contributed by atoms with Gasteiger partial charge in [-0.1, -0.05) is 25.9 Å². The number of aliphatic hydroxyl groups excluding tert-OH is 2. The molecule has 3 aromatic rings. The van der Waals surface area contributed by atoms with Crippen LogP contribution in [0.4, 0.5) is 5.82 Å². The lowest BCUT2D eigenvalue weighted by Gasteiger charge is -2.23. The fourth-order valence-electron chi connectivity index (χ4n) is 4.12. The predicted molar refractivity (Wildman–Crippen MR) is 118 cm³/mol. The van der Waals surface area contributed by atoms with Gasteiger partial charge in [0.25, 0.3) is 5.89 Å². The van der Waals surface area contributed by atoms with Crippen LogP contribution in [-0.4, -0.2) is 78.0 Å². The molecule has 0 unspecified atom stereocenters. The monoisotopic (exact) mass is 493 g/mol. The minimum absolute atomic E-state index is 0.0548. The van der Waals surface area contributed by atoms with Gasteiger partial charge in [-0.25, -0.2) is 23.4 Å². The van der Waals surface area contributed by atoms with Gasteiger partial charge in [0.1, 0.15) is 28.4 Å². The van der Waals surface area contributed by atoms with Gasteiger partial charge < -0.3 is 24.8 Å². The van der Waals surface area contributed by atoms with E-state index in [1.165, 1.54) is 17.2 Å². The Hall–Kier alpha value is -2.68. The Morgan fingerprint density at radius 3 is 2.53 bits per heavy atom. The molecule has 14 heteroatoms. The number of hydrogen-bond donors (Lipinski definition) is 3. The normalized spacial score (nSPS) is 27.9. The molecule has 2 fully saturated rings. The number of nitrogens with zero attached hydrogens (tertiary/aromatic N) is 6. The number of sulfone groups is 1. The van der Waals surface area contributed by atoms with E-state index in [1.807, 2.05) is 20.8 Å². The molecule has 0 aliphatic carbocycles. The van der Waals surface area contributed by atoms with Crippen molar-refractivity contribution < 1.29 is 27.9 Å². The molecule has 34 heavy (non-hydrogen) atoms. The van der Waals surface area contributed by atoms with Gasteiger partial charge >= 0.3 is 0 Å². The molecule has 0 radical (unpaired) electrons. The molecule has 0 amide bonds. The highest BCUT2D eigenvalue weighted by Gasteiger charge is 2.48. The minimum Gasteiger partial charge on any atom is -0.387 e. The van der Waals surface area contributed by atoms with Crippen LogP contribution in [0.3, 0.4) is 0 Å². The molecule has 5 heterocycles. The number of imidazole rings is 1. The van der Waals surface area contributed by atoms with Crippen molar-refractivity contribution in [2.45, 2.75) is 69.6 Å². The van der Waals surface area contributed by atoms with E-state index < -0.39 is 34.4 Å². The van der Waals surface area contributed by atoms with Crippen molar-refractivity contribution >= 4 is 26.8 Å². The maximum absolute atomic E-state index is 11.7. The number of anilines is 1. The molecule has 0 saturated carbocycles. The van der Waals surface area contributed by atoms with E-state index in [-0.39, 0.29) is 28.9 Å². The van der Waals surface area contributed by atoms with E-state index >= 15 is 0 Å². The van der Waals surface area contributed by atoms with Gasteiger partial charge in [0, 0.05) is 11.5 Å². The molecule has 13 nitrogen and oxygen atoms in total. The van der Waals surface area contributed by atoms with Crippen LogP contribution in [0.15, 0.2) is 17.2 Å². The maximum Gasteiger partial charge on any atom is 0.258 e. The van der Waals surface area contributed by atoms with E-state index in [4.69, 9.17) is 9.26 Å². The smallest absolute Gasteiger partial charge is 0.258 e. The number of rotatable bonds is 4. The Morgan fingerprint density at radius 2 is 1.85 bits per heavy atom. The summed E-state index contributed by atoms with van der Waals surface area (Å²) >= 11 is 0. The summed E-state index contributed by atoms with van der Waals surface area (Å²) in [4.78, 5) is 17.3. The Labute approximate surface area is 195 Å². The summed E-state index contributed by atoms with van der Waals surface area (Å²) in [6.45, 7) is 5.79. The van der Waals surface area contributed by atoms with Crippen LogP contribution in [0.2, 0.25) is 0 Å². The third-order valence-electron chi connectivity index (χ3n) is 6.12. The molecular formula is C20H27N7O6S. The number of aliphatic hydroxyl groups is 2. The number of nitrogens with one attached hydrogen (secondary N) is 1. The van der Waals surface area contributed by atoms with Crippen LogP contribution < -0.4 is 5.32 Å². The third-order valence-corrected chi connectivity index (χ3v) is 7.84. The fraction of sp³-hybridized carbons (Fsp3) is 0.650. The van der Waals surface area contributed by atoms with Crippen LogP contribution in [-0.2, 0) is 20.0 Å². The lowest BCUT2D eigenvalue weighted by molar-refractivity contribution is -0.0451. The molecule has 184 valence electrons. The lowest BCUT2D eigenvalue weighted by Crippen LogP contribution is -2.32. The van der Waals surface area contributed by atoms with Crippen LogP contribution in [0.5, 0.6) is 0 Å². The first kappa shape index (κ1) is 23.1. The first-order valence-electron chi connectivity index (χ1n) is 11.0. The molecule has 2 aliphatic rings. The standard InChI is InChI=1S/C20H27N7O6S/c1-20(2,3)19-25-17(33-26-19)14-12(28)13(29)18(32-14)27-9-23-11-15(21-8-22-16(11)27)24-10-4-6-34(30,31)7-5-10/h8-10,12-14,18,28-29H,4-7H2,1-3H3,(H,21,22,24)/t12-,13+,14-,18+/m0/s1. The van der Waals surface area contributed by atoms with E-state index in [1.54, 1.807) is 0 Å². The average molecular weight is 494 g/mol. The van der Waals surface area contributed by atoms with Crippen LogP contribution in [0.1, 0.15) is 57.7 Å². The predicted octanol–water partition coefficient (Wildman–Crippen LogP) is 0.488. The fourth-order valence-corrected chi connectivity index (χ4v) is 5.61. The van der Waals surface area contributed by atoms with E-state index in [0.717, 1.165) is 0 Å². The molecule has 4 atom stereocenters. The highest BCUT2D eigenvalue weighted by molar-refractivity contribution is 7.91. The van der Waals surface area contributed by atoms with Crippen molar-refractivity contribution in [1.82, 2.24) is 29.7 Å². The molecule has 0 spiro atoms.